The highest BCUT2D eigenvalue weighted by Gasteiger charge is 2.10. The molecule has 1 aromatic rings. The number of hydrogen-bond acceptors (Lipinski definition) is 3. The van der Waals surface area contributed by atoms with Gasteiger partial charge in [0.2, 0.25) is 0 Å². The average Bonchev–Trinajstić information content (AvgIpc) is 2.75. The summed E-state index contributed by atoms with van der Waals surface area (Å²) in [5.41, 5.74) is 6.34. The predicted molar refractivity (Wildman–Crippen MR) is 60.4 cm³/mol. The van der Waals surface area contributed by atoms with Crippen LogP contribution in [0.1, 0.15) is 31.7 Å². The molecule has 1 aliphatic heterocycles. The zero-order valence-corrected chi connectivity index (χ0v) is 9.24. The minimum atomic E-state index is 0.580. The lowest BCUT2D eigenvalue weighted by Crippen LogP contribution is -1.96. The summed E-state index contributed by atoms with van der Waals surface area (Å²) < 4.78 is 0. The van der Waals surface area contributed by atoms with Crippen molar-refractivity contribution in [1.29, 1.82) is 0 Å². The van der Waals surface area contributed by atoms with Gasteiger partial charge in [0.15, 0.2) is 5.75 Å². The Kier molecular flexibility index (Phi) is 5.81. The van der Waals surface area contributed by atoms with E-state index in [9.17, 15) is 0 Å². The first kappa shape index (κ1) is 12.0. The van der Waals surface area contributed by atoms with Crippen LogP contribution in [0.25, 0.3) is 0 Å². The second kappa shape index (κ2) is 7.26. The molecule has 1 heterocycles. The molecule has 0 aliphatic carbocycles. The largest absolute Gasteiger partial charge is 0.337 e. The first-order chi connectivity index (χ1) is 7.38. The highest BCUT2D eigenvalue weighted by molar-refractivity contribution is 5.33. The molecule has 0 fully saturated rings. The van der Waals surface area contributed by atoms with Gasteiger partial charge in [-0.2, -0.15) is 4.89 Å². The number of rotatable bonds is 3. The van der Waals surface area contributed by atoms with E-state index in [1.54, 1.807) is 0 Å². The van der Waals surface area contributed by atoms with Crippen molar-refractivity contribution in [2.45, 2.75) is 32.8 Å². The summed E-state index contributed by atoms with van der Waals surface area (Å²) in [6, 6.07) is 7.77. The zero-order valence-electron chi connectivity index (χ0n) is 9.24. The molecular weight excluding hydrogens is 190 g/mol. The van der Waals surface area contributed by atoms with Crippen molar-refractivity contribution in [3.05, 3.63) is 29.8 Å². The van der Waals surface area contributed by atoms with Gasteiger partial charge < -0.3 is 10.6 Å². The van der Waals surface area contributed by atoms with E-state index in [2.05, 4.69) is 6.92 Å². The highest BCUT2D eigenvalue weighted by atomic mass is 17.2. The van der Waals surface area contributed by atoms with Crippen LogP contribution >= 0.6 is 0 Å². The van der Waals surface area contributed by atoms with E-state index in [1.165, 1.54) is 19.3 Å². The van der Waals surface area contributed by atoms with Crippen LogP contribution in [0.3, 0.4) is 0 Å². The minimum Gasteiger partial charge on any atom is -0.337 e. The molecule has 0 saturated carbocycles. The molecule has 1 aromatic carbocycles. The first-order valence-corrected chi connectivity index (χ1v) is 5.46. The van der Waals surface area contributed by atoms with Gasteiger partial charge in [-0.3, -0.25) is 0 Å². The number of nitrogens with two attached hydrogens (primary N) is 1. The first-order valence-electron chi connectivity index (χ1n) is 5.46. The van der Waals surface area contributed by atoms with Crippen LogP contribution in [0.5, 0.6) is 5.75 Å². The van der Waals surface area contributed by atoms with Crippen molar-refractivity contribution in [3.63, 3.8) is 0 Å². The lowest BCUT2D eigenvalue weighted by molar-refractivity contribution is -0.194. The molecule has 0 saturated heterocycles. The Hall–Kier alpha value is -1.06. The van der Waals surface area contributed by atoms with Gasteiger partial charge in [0.25, 0.3) is 0 Å². The maximum Gasteiger partial charge on any atom is 0.171 e. The van der Waals surface area contributed by atoms with Crippen molar-refractivity contribution in [3.8, 4) is 5.75 Å². The highest BCUT2D eigenvalue weighted by Crippen LogP contribution is 2.24. The molecule has 1 aliphatic rings. The number of benzene rings is 1. The van der Waals surface area contributed by atoms with Gasteiger partial charge >= 0.3 is 0 Å². The van der Waals surface area contributed by atoms with Crippen LogP contribution in [0, 0.1) is 0 Å². The third kappa shape index (κ3) is 4.32. The van der Waals surface area contributed by atoms with Gasteiger partial charge in [-0.05, 0) is 19.0 Å². The Morgan fingerprint density at radius 3 is 2.67 bits per heavy atom. The minimum absolute atomic E-state index is 0.580. The molecule has 0 atom stereocenters. The van der Waals surface area contributed by atoms with Gasteiger partial charge in [0.05, 0.1) is 0 Å². The normalized spacial score (nSPS) is 12.4. The van der Waals surface area contributed by atoms with E-state index >= 15 is 0 Å². The Balaban J connectivity index is 0.000000167. The molecule has 15 heavy (non-hydrogen) atoms. The molecule has 84 valence electrons. The van der Waals surface area contributed by atoms with Crippen LogP contribution in [0.15, 0.2) is 24.3 Å². The van der Waals surface area contributed by atoms with Gasteiger partial charge in [-0.1, -0.05) is 38.0 Å². The third-order valence-electron chi connectivity index (χ3n) is 2.14. The summed E-state index contributed by atoms with van der Waals surface area (Å²) in [7, 11) is 0. The smallest absolute Gasteiger partial charge is 0.171 e. The molecular formula is C12H19NO2. The molecule has 0 aromatic heterocycles. The quantitative estimate of drug-likeness (QED) is 0.615. The molecule has 2 rings (SSSR count). The topological polar surface area (TPSA) is 44.5 Å². The van der Waals surface area contributed by atoms with Gasteiger partial charge in [0, 0.05) is 5.56 Å². The van der Waals surface area contributed by atoms with Crippen molar-refractivity contribution in [1.82, 2.24) is 0 Å². The zero-order chi connectivity index (χ0) is 10.9. The van der Waals surface area contributed by atoms with Crippen LogP contribution in [0.4, 0.5) is 0 Å². The number of fused-ring (bicyclic) bond motifs is 1. The summed E-state index contributed by atoms with van der Waals surface area (Å²) in [4.78, 5) is 9.51. The van der Waals surface area contributed by atoms with Crippen LogP contribution in [-0.4, -0.2) is 6.54 Å². The summed E-state index contributed by atoms with van der Waals surface area (Å²) >= 11 is 0. The molecule has 0 amide bonds. The van der Waals surface area contributed by atoms with E-state index in [-0.39, 0.29) is 0 Å². The number of para-hydroxylation sites is 1. The summed E-state index contributed by atoms with van der Waals surface area (Å²) in [5.74, 6) is 0.845. The monoisotopic (exact) mass is 209 g/mol. The summed E-state index contributed by atoms with van der Waals surface area (Å²) in [6.45, 7) is 3.61. The molecule has 3 heteroatoms. The van der Waals surface area contributed by atoms with E-state index in [0.29, 0.717) is 6.61 Å². The van der Waals surface area contributed by atoms with Crippen LogP contribution < -0.4 is 10.6 Å². The fourth-order valence-electron chi connectivity index (χ4n) is 1.26. The maximum absolute atomic E-state index is 5.21. The predicted octanol–water partition coefficient (Wildman–Crippen LogP) is 2.65. The van der Waals surface area contributed by atoms with E-state index < -0.39 is 0 Å². The fourth-order valence-corrected chi connectivity index (χ4v) is 1.26. The SMILES string of the molecule is CCCCCN.c1ccc2c(c1)COO2. The van der Waals surface area contributed by atoms with Crippen molar-refractivity contribution in [2.24, 2.45) is 5.73 Å². The molecule has 0 spiro atoms. The lowest BCUT2D eigenvalue weighted by Gasteiger charge is -1.89. The lowest BCUT2D eigenvalue weighted by atomic mass is 10.2. The second-order valence-electron chi connectivity index (χ2n) is 3.45. The molecule has 0 bridgehead atoms. The molecule has 0 unspecified atom stereocenters. The van der Waals surface area contributed by atoms with Crippen LogP contribution in [0.2, 0.25) is 0 Å². The van der Waals surface area contributed by atoms with E-state index in [4.69, 9.17) is 15.5 Å². The maximum atomic E-state index is 5.21. The van der Waals surface area contributed by atoms with Crippen LogP contribution in [-0.2, 0) is 11.5 Å². The molecule has 3 nitrogen and oxygen atoms in total. The van der Waals surface area contributed by atoms with Crippen molar-refractivity contribution >= 4 is 0 Å². The Morgan fingerprint density at radius 1 is 1.27 bits per heavy atom. The second-order valence-corrected chi connectivity index (χ2v) is 3.45. The van der Waals surface area contributed by atoms with Gasteiger partial charge in [0.1, 0.15) is 6.61 Å². The van der Waals surface area contributed by atoms with Crippen molar-refractivity contribution in [2.75, 3.05) is 6.54 Å². The molecule has 0 radical (unpaired) electrons. The average molecular weight is 209 g/mol. The Bertz CT molecular complexity index is 249. The summed E-state index contributed by atoms with van der Waals surface area (Å²) in [6.07, 6.45) is 3.75. The Morgan fingerprint density at radius 2 is 2.07 bits per heavy atom. The fraction of sp³-hybridized carbons (Fsp3) is 0.500. The summed E-state index contributed by atoms with van der Waals surface area (Å²) in [5, 5.41) is 0. The molecule has 2 N–H and O–H groups in total. The standard InChI is InChI=1S/C7H6O2.C5H13N/c1-2-4-7-6(3-1)5-8-9-7;1-2-3-4-5-6/h1-4H,5H2;2-6H2,1H3. The van der Waals surface area contributed by atoms with E-state index in [0.717, 1.165) is 17.9 Å². The Labute approximate surface area is 91.1 Å². The number of unbranched alkanes of at least 4 members (excludes halogenated alkanes) is 2. The van der Waals surface area contributed by atoms with Gasteiger partial charge in [-0.15, -0.1) is 0 Å². The van der Waals surface area contributed by atoms with Gasteiger partial charge in [-0.25, -0.2) is 0 Å². The number of hydrogen-bond donors (Lipinski definition) is 1. The third-order valence-corrected chi connectivity index (χ3v) is 2.14. The van der Waals surface area contributed by atoms with E-state index in [1.807, 2.05) is 24.3 Å². The van der Waals surface area contributed by atoms with Crippen molar-refractivity contribution < 1.29 is 9.78 Å².